The first-order chi connectivity index (χ1) is 10.4. The van der Waals surface area contributed by atoms with E-state index in [0.717, 1.165) is 11.4 Å². The van der Waals surface area contributed by atoms with Gasteiger partial charge in [-0.3, -0.25) is 0 Å². The van der Waals surface area contributed by atoms with Crippen LogP contribution in [-0.2, 0) is 0 Å². The minimum Gasteiger partial charge on any atom is -0.355 e. The Labute approximate surface area is 123 Å². The van der Waals surface area contributed by atoms with Crippen molar-refractivity contribution in [2.45, 2.75) is 0 Å². The highest BCUT2D eigenvalue weighted by molar-refractivity contribution is 5.96. The zero-order valence-corrected chi connectivity index (χ0v) is 11.6. The molecule has 0 heterocycles. The molecule has 21 heavy (non-hydrogen) atoms. The molecule has 0 unspecified atom stereocenters. The first-order valence-corrected chi connectivity index (χ1v) is 7.14. The van der Waals surface area contributed by atoms with Gasteiger partial charge in [-0.15, -0.1) is 0 Å². The summed E-state index contributed by atoms with van der Waals surface area (Å²) in [6.07, 6.45) is 0. The molecule has 1 heteroatoms. The van der Waals surface area contributed by atoms with Crippen LogP contribution >= 0.6 is 0 Å². The van der Waals surface area contributed by atoms with E-state index in [1.165, 1.54) is 21.5 Å². The molecule has 4 aromatic carbocycles. The summed E-state index contributed by atoms with van der Waals surface area (Å²) in [5, 5.41) is 8.55. The number of nitrogens with one attached hydrogen (secondary N) is 1. The minimum absolute atomic E-state index is 1.12. The molecular weight excluding hydrogens is 254 g/mol. The van der Waals surface area contributed by atoms with Crippen LogP contribution in [-0.4, -0.2) is 0 Å². The zero-order chi connectivity index (χ0) is 14.1. The predicted octanol–water partition coefficient (Wildman–Crippen LogP) is 5.74. The van der Waals surface area contributed by atoms with E-state index in [1.54, 1.807) is 0 Å². The van der Waals surface area contributed by atoms with Gasteiger partial charge in [-0.25, -0.2) is 0 Å². The first-order valence-electron chi connectivity index (χ1n) is 7.14. The molecule has 0 aliphatic heterocycles. The summed E-state index contributed by atoms with van der Waals surface area (Å²) in [7, 11) is 0. The fraction of sp³-hybridized carbons (Fsp3) is 0. The van der Waals surface area contributed by atoms with Crippen molar-refractivity contribution in [2.75, 3.05) is 5.32 Å². The third-order valence-electron chi connectivity index (χ3n) is 3.82. The molecule has 4 aromatic rings. The highest BCUT2D eigenvalue weighted by Gasteiger charge is 2.01. The molecule has 0 atom stereocenters. The number of hydrogen-bond donors (Lipinski definition) is 1. The lowest BCUT2D eigenvalue weighted by molar-refractivity contribution is 1.60. The first kappa shape index (κ1) is 12.0. The molecule has 4 rings (SSSR count). The van der Waals surface area contributed by atoms with E-state index in [-0.39, 0.29) is 0 Å². The van der Waals surface area contributed by atoms with Crippen molar-refractivity contribution in [1.29, 1.82) is 0 Å². The molecule has 0 amide bonds. The normalized spacial score (nSPS) is 10.9. The third kappa shape index (κ3) is 2.23. The molecule has 1 N–H and O–H groups in total. The molecule has 1 nitrogen and oxygen atoms in total. The molecule has 0 fully saturated rings. The Kier molecular flexibility index (Phi) is 2.82. The average molecular weight is 269 g/mol. The highest BCUT2D eigenvalue weighted by atomic mass is 14.9. The SMILES string of the molecule is c1ccc2cc(Nc3cccc4ccccc34)ccc2c1. The van der Waals surface area contributed by atoms with Gasteiger partial charge in [-0.2, -0.15) is 0 Å². The number of anilines is 2. The molecule has 0 saturated heterocycles. The van der Waals surface area contributed by atoms with Crippen LogP contribution in [0, 0.1) is 0 Å². The molecule has 100 valence electrons. The van der Waals surface area contributed by atoms with Gasteiger partial charge in [0.2, 0.25) is 0 Å². The van der Waals surface area contributed by atoms with Crippen LogP contribution in [0.15, 0.2) is 84.9 Å². The fourth-order valence-electron chi connectivity index (χ4n) is 2.76. The Hall–Kier alpha value is -2.80. The lowest BCUT2D eigenvalue weighted by Gasteiger charge is -2.10. The van der Waals surface area contributed by atoms with Gasteiger partial charge in [-0.1, -0.05) is 66.7 Å². The van der Waals surface area contributed by atoms with Crippen molar-refractivity contribution in [3.8, 4) is 0 Å². The quantitative estimate of drug-likeness (QED) is 0.489. The van der Waals surface area contributed by atoms with E-state index in [1.807, 2.05) is 0 Å². The summed E-state index contributed by atoms with van der Waals surface area (Å²) in [4.78, 5) is 0. The van der Waals surface area contributed by atoms with Crippen LogP contribution in [0.3, 0.4) is 0 Å². The molecule has 0 aromatic heterocycles. The van der Waals surface area contributed by atoms with Crippen LogP contribution in [0.4, 0.5) is 11.4 Å². The Bertz CT molecular complexity index is 919. The Morgan fingerprint density at radius 2 is 1.24 bits per heavy atom. The Morgan fingerprint density at radius 1 is 0.524 bits per heavy atom. The predicted molar refractivity (Wildman–Crippen MR) is 91.2 cm³/mol. The number of rotatable bonds is 2. The van der Waals surface area contributed by atoms with Crippen LogP contribution < -0.4 is 5.32 Å². The molecule has 0 radical (unpaired) electrons. The zero-order valence-electron chi connectivity index (χ0n) is 11.6. The van der Waals surface area contributed by atoms with Gasteiger partial charge >= 0.3 is 0 Å². The van der Waals surface area contributed by atoms with Gasteiger partial charge in [0.15, 0.2) is 0 Å². The van der Waals surface area contributed by atoms with Gasteiger partial charge in [0, 0.05) is 16.8 Å². The minimum atomic E-state index is 1.12. The van der Waals surface area contributed by atoms with E-state index in [0.29, 0.717) is 0 Å². The largest absolute Gasteiger partial charge is 0.355 e. The fourth-order valence-corrected chi connectivity index (χ4v) is 2.76. The Morgan fingerprint density at radius 3 is 2.14 bits per heavy atom. The van der Waals surface area contributed by atoms with Crippen molar-refractivity contribution in [3.63, 3.8) is 0 Å². The van der Waals surface area contributed by atoms with Gasteiger partial charge in [0.1, 0.15) is 0 Å². The van der Waals surface area contributed by atoms with Gasteiger partial charge in [0.25, 0.3) is 0 Å². The van der Waals surface area contributed by atoms with E-state index in [9.17, 15) is 0 Å². The van der Waals surface area contributed by atoms with E-state index < -0.39 is 0 Å². The van der Waals surface area contributed by atoms with E-state index >= 15 is 0 Å². The highest BCUT2D eigenvalue weighted by Crippen LogP contribution is 2.27. The van der Waals surface area contributed by atoms with Gasteiger partial charge in [-0.05, 0) is 34.4 Å². The monoisotopic (exact) mass is 269 g/mol. The number of fused-ring (bicyclic) bond motifs is 2. The molecule has 0 aliphatic rings. The second-order valence-corrected chi connectivity index (χ2v) is 5.21. The van der Waals surface area contributed by atoms with Crippen molar-refractivity contribution in [3.05, 3.63) is 84.9 Å². The second-order valence-electron chi connectivity index (χ2n) is 5.21. The van der Waals surface area contributed by atoms with Crippen molar-refractivity contribution in [2.24, 2.45) is 0 Å². The molecule has 0 bridgehead atoms. The number of hydrogen-bond acceptors (Lipinski definition) is 1. The lowest BCUT2D eigenvalue weighted by atomic mass is 10.1. The number of benzene rings is 4. The summed E-state index contributed by atoms with van der Waals surface area (Å²) in [5.41, 5.74) is 2.26. The second kappa shape index (κ2) is 4.95. The standard InChI is InChI=1S/C20H15N/c1-2-8-17-14-18(13-12-15(17)6-1)21-20-11-5-9-16-7-3-4-10-19(16)20/h1-14,21H. The average Bonchev–Trinajstić information content (AvgIpc) is 2.55. The van der Waals surface area contributed by atoms with Crippen LogP contribution in [0.1, 0.15) is 0 Å². The smallest absolute Gasteiger partial charge is 0.0463 e. The lowest BCUT2D eigenvalue weighted by Crippen LogP contribution is -1.91. The molecule has 0 aliphatic carbocycles. The van der Waals surface area contributed by atoms with Crippen LogP contribution in [0.5, 0.6) is 0 Å². The summed E-state index contributed by atoms with van der Waals surface area (Å²) in [6.45, 7) is 0. The van der Waals surface area contributed by atoms with Crippen molar-refractivity contribution in [1.82, 2.24) is 0 Å². The summed E-state index contributed by atoms with van der Waals surface area (Å²) >= 11 is 0. The van der Waals surface area contributed by atoms with Gasteiger partial charge in [0.05, 0.1) is 0 Å². The van der Waals surface area contributed by atoms with Crippen molar-refractivity contribution < 1.29 is 0 Å². The summed E-state index contributed by atoms with van der Waals surface area (Å²) in [5.74, 6) is 0. The van der Waals surface area contributed by atoms with E-state index in [2.05, 4.69) is 90.2 Å². The van der Waals surface area contributed by atoms with Crippen molar-refractivity contribution >= 4 is 32.9 Å². The topological polar surface area (TPSA) is 12.0 Å². The maximum atomic E-state index is 3.54. The maximum absolute atomic E-state index is 3.54. The summed E-state index contributed by atoms with van der Waals surface area (Å²) in [6, 6.07) is 29.7. The molecule has 0 saturated carbocycles. The van der Waals surface area contributed by atoms with E-state index in [4.69, 9.17) is 0 Å². The molecular formula is C20H15N. The van der Waals surface area contributed by atoms with Crippen LogP contribution in [0.2, 0.25) is 0 Å². The third-order valence-corrected chi connectivity index (χ3v) is 3.82. The maximum Gasteiger partial charge on any atom is 0.0463 e. The summed E-state index contributed by atoms with van der Waals surface area (Å²) < 4.78 is 0. The molecule has 0 spiro atoms. The van der Waals surface area contributed by atoms with Gasteiger partial charge < -0.3 is 5.32 Å². The van der Waals surface area contributed by atoms with Crippen LogP contribution in [0.25, 0.3) is 21.5 Å². The Balaban J connectivity index is 1.79.